The minimum Gasteiger partial charge on any atom is -0.385 e. The zero-order valence-corrected chi connectivity index (χ0v) is 11.7. The van der Waals surface area contributed by atoms with E-state index in [1.54, 1.807) is 0 Å². The normalized spacial score (nSPS) is 21.9. The summed E-state index contributed by atoms with van der Waals surface area (Å²) in [6.07, 6.45) is 2.45. The fourth-order valence-corrected chi connectivity index (χ4v) is 3.23. The quantitative estimate of drug-likeness (QED) is 0.894. The van der Waals surface area contributed by atoms with E-state index >= 15 is 0 Å². The summed E-state index contributed by atoms with van der Waals surface area (Å²) in [5, 5.41) is 10.9. The van der Waals surface area contributed by atoms with Gasteiger partial charge in [0.15, 0.2) is 0 Å². The van der Waals surface area contributed by atoms with Crippen molar-refractivity contribution < 1.29 is 5.11 Å². The molecule has 0 heterocycles. The number of rotatable bonds is 2. The summed E-state index contributed by atoms with van der Waals surface area (Å²) in [6.45, 7) is 0. The molecule has 92 valence electrons. The van der Waals surface area contributed by atoms with Crippen molar-refractivity contribution in [2.75, 3.05) is 0 Å². The van der Waals surface area contributed by atoms with Gasteiger partial charge in [0, 0.05) is 10.9 Å². The average molecular weight is 303 g/mol. The lowest BCUT2D eigenvalue weighted by atomic mass is 9.89. The highest BCUT2D eigenvalue weighted by atomic mass is 79.9. The summed E-state index contributed by atoms with van der Waals surface area (Å²) in [4.78, 5) is 0. The van der Waals surface area contributed by atoms with Crippen LogP contribution in [0.2, 0.25) is 0 Å². The molecule has 2 heteroatoms. The van der Waals surface area contributed by atoms with Crippen molar-refractivity contribution in [1.82, 2.24) is 0 Å². The molecule has 1 N–H and O–H groups in total. The van der Waals surface area contributed by atoms with Crippen molar-refractivity contribution in [2.45, 2.75) is 24.9 Å². The van der Waals surface area contributed by atoms with E-state index in [2.05, 4.69) is 34.1 Å². The van der Waals surface area contributed by atoms with E-state index in [1.165, 1.54) is 5.56 Å². The second-order valence-corrected chi connectivity index (χ2v) is 5.81. The Morgan fingerprint density at radius 3 is 2.61 bits per heavy atom. The Morgan fingerprint density at radius 2 is 1.78 bits per heavy atom. The smallest absolute Gasteiger partial charge is 0.0942 e. The monoisotopic (exact) mass is 302 g/mol. The molecule has 0 saturated carbocycles. The Morgan fingerprint density at radius 1 is 1.06 bits per heavy atom. The van der Waals surface area contributed by atoms with Gasteiger partial charge in [0.05, 0.1) is 5.60 Å². The topological polar surface area (TPSA) is 20.2 Å². The molecule has 1 nitrogen and oxygen atoms in total. The first-order valence-corrected chi connectivity index (χ1v) is 7.02. The average Bonchev–Trinajstić information content (AvgIpc) is 2.71. The van der Waals surface area contributed by atoms with Crippen LogP contribution < -0.4 is 0 Å². The number of hydrogen-bond donors (Lipinski definition) is 1. The molecule has 0 bridgehead atoms. The van der Waals surface area contributed by atoms with Crippen molar-refractivity contribution in [3.05, 3.63) is 69.7 Å². The third kappa shape index (κ3) is 2.00. The summed E-state index contributed by atoms with van der Waals surface area (Å²) in [5.74, 6) is 0. The van der Waals surface area contributed by atoms with E-state index in [0.717, 1.165) is 28.4 Å². The van der Waals surface area contributed by atoms with Gasteiger partial charge in [-0.1, -0.05) is 58.4 Å². The molecule has 0 spiro atoms. The second kappa shape index (κ2) is 4.52. The number of halogens is 1. The standard InChI is InChI=1S/C16H15BrO/c17-15-8-4-2-6-13(15)11-16(18)10-9-12-5-1-3-7-14(12)16/h1-8,18H,9-11H2. The highest BCUT2D eigenvalue weighted by Gasteiger charge is 2.36. The van der Waals surface area contributed by atoms with Gasteiger partial charge < -0.3 is 5.11 Å². The fourth-order valence-electron chi connectivity index (χ4n) is 2.81. The van der Waals surface area contributed by atoms with E-state index < -0.39 is 5.60 Å². The number of aliphatic hydroxyl groups is 1. The van der Waals surface area contributed by atoms with E-state index in [4.69, 9.17) is 0 Å². The SMILES string of the molecule is OC1(Cc2ccccc2Br)CCc2ccccc21. The third-order valence-electron chi connectivity index (χ3n) is 3.77. The summed E-state index contributed by atoms with van der Waals surface area (Å²) in [7, 11) is 0. The van der Waals surface area contributed by atoms with Crippen molar-refractivity contribution in [3.8, 4) is 0 Å². The van der Waals surface area contributed by atoms with Crippen molar-refractivity contribution in [1.29, 1.82) is 0 Å². The largest absolute Gasteiger partial charge is 0.385 e. The molecular formula is C16H15BrO. The third-order valence-corrected chi connectivity index (χ3v) is 4.54. The van der Waals surface area contributed by atoms with Crippen LogP contribution >= 0.6 is 15.9 Å². The van der Waals surface area contributed by atoms with Gasteiger partial charge in [-0.05, 0) is 35.6 Å². The molecule has 1 aliphatic carbocycles. The molecule has 0 saturated heterocycles. The van der Waals surface area contributed by atoms with Gasteiger partial charge in [0.1, 0.15) is 0 Å². The van der Waals surface area contributed by atoms with E-state index in [-0.39, 0.29) is 0 Å². The first kappa shape index (κ1) is 11.9. The van der Waals surface area contributed by atoms with Gasteiger partial charge in [-0.2, -0.15) is 0 Å². The van der Waals surface area contributed by atoms with Crippen LogP contribution in [0.4, 0.5) is 0 Å². The summed E-state index contributed by atoms with van der Waals surface area (Å²) in [5.41, 5.74) is 2.84. The van der Waals surface area contributed by atoms with Crippen LogP contribution in [-0.2, 0) is 18.4 Å². The highest BCUT2D eigenvalue weighted by Crippen LogP contribution is 2.40. The molecule has 0 aromatic heterocycles. The second-order valence-electron chi connectivity index (χ2n) is 4.96. The number of fused-ring (bicyclic) bond motifs is 1. The molecule has 1 aliphatic rings. The zero-order valence-electron chi connectivity index (χ0n) is 10.1. The molecule has 1 unspecified atom stereocenters. The number of benzene rings is 2. The first-order valence-electron chi connectivity index (χ1n) is 6.23. The van der Waals surface area contributed by atoms with Gasteiger partial charge in [0.2, 0.25) is 0 Å². The van der Waals surface area contributed by atoms with Crippen molar-refractivity contribution in [3.63, 3.8) is 0 Å². The Kier molecular flexibility index (Phi) is 3.00. The van der Waals surface area contributed by atoms with E-state index in [9.17, 15) is 5.11 Å². The molecule has 0 amide bonds. The van der Waals surface area contributed by atoms with E-state index in [0.29, 0.717) is 6.42 Å². The number of hydrogen-bond acceptors (Lipinski definition) is 1. The van der Waals surface area contributed by atoms with Gasteiger partial charge in [-0.3, -0.25) is 0 Å². The van der Waals surface area contributed by atoms with Gasteiger partial charge >= 0.3 is 0 Å². The predicted molar refractivity (Wildman–Crippen MR) is 76.5 cm³/mol. The van der Waals surface area contributed by atoms with Crippen molar-refractivity contribution in [2.24, 2.45) is 0 Å². The molecule has 0 radical (unpaired) electrons. The van der Waals surface area contributed by atoms with Crippen LogP contribution in [0.15, 0.2) is 53.0 Å². The summed E-state index contributed by atoms with van der Waals surface area (Å²) in [6, 6.07) is 16.3. The van der Waals surface area contributed by atoms with Gasteiger partial charge in [-0.25, -0.2) is 0 Å². The molecule has 18 heavy (non-hydrogen) atoms. The van der Waals surface area contributed by atoms with Crippen LogP contribution in [0.25, 0.3) is 0 Å². The maximum Gasteiger partial charge on any atom is 0.0942 e. The number of aryl methyl sites for hydroxylation is 1. The maximum absolute atomic E-state index is 10.9. The Hall–Kier alpha value is -1.12. The summed E-state index contributed by atoms with van der Waals surface area (Å²) < 4.78 is 1.07. The molecular weight excluding hydrogens is 288 g/mol. The Bertz CT molecular complexity index is 579. The Labute approximate surface area is 116 Å². The van der Waals surface area contributed by atoms with Gasteiger partial charge in [-0.15, -0.1) is 0 Å². The van der Waals surface area contributed by atoms with E-state index in [1.807, 2.05) is 30.3 Å². The fraction of sp³-hybridized carbons (Fsp3) is 0.250. The van der Waals surface area contributed by atoms with Crippen LogP contribution in [0, 0.1) is 0 Å². The minimum atomic E-state index is -0.708. The lowest BCUT2D eigenvalue weighted by Crippen LogP contribution is -2.25. The maximum atomic E-state index is 10.9. The molecule has 0 aliphatic heterocycles. The van der Waals surface area contributed by atoms with Crippen LogP contribution in [0.5, 0.6) is 0 Å². The van der Waals surface area contributed by atoms with Gasteiger partial charge in [0.25, 0.3) is 0 Å². The minimum absolute atomic E-state index is 0.672. The molecule has 1 atom stereocenters. The highest BCUT2D eigenvalue weighted by molar-refractivity contribution is 9.10. The molecule has 2 aromatic carbocycles. The zero-order chi connectivity index (χ0) is 12.6. The molecule has 2 aromatic rings. The van der Waals surface area contributed by atoms with Crippen LogP contribution in [0.1, 0.15) is 23.1 Å². The van der Waals surface area contributed by atoms with Crippen LogP contribution in [-0.4, -0.2) is 5.11 Å². The Balaban J connectivity index is 1.96. The molecule has 3 rings (SSSR count). The van der Waals surface area contributed by atoms with Crippen LogP contribution in [0.3, 0.4) is 0 Å². The summed E-state index contributed by atoms with van der Waals surface area (Å²) >= 11 is 3.56. The first-order chi connectivity index (χ1) is 8.69. The van der Waals surface area contributed by atoms with Crippen molar-refractivity contribution >= 4 is 15.9 Å². The lowest BCUT2D eigenvalue weighted by molar-refractivity contribution is 0.0388. The molecule has 0 fully saturated rings. The lowest BCUT2D eigenvalue weighted by Gasteiger charge is -2.24. The predicted octanol–water partition coefficient (Wildman–Crippen LogP) is 3.83.